The Morgan fingerprint density at radius 3 is 2.91 bits per heavy atom. The lowest BCUT2D eigenvalue weighted by Gasteiger charge is -2.30. The standard InChI is InChI=1S/C15H21N5O3/c1-11-7-16-10-20(14(11)21)8-12-3-5-19(6-4-12)15-17-13(9-22-2)18-23-15/h7,10,12H,3-6,8-9H2,1-2H3. The second kappa shape index (κ2) is 6.91. The number of rotatable bonds is 5. The zero-order valence-corrected chi connectivity index (χ0v) is 13.4. The highest BCUT2D eigenvalue weighted by atomic mass is 16.5. The minimum Gasteiger partial charge on any atom is -0.377 e. The van der Waals surface area contributed by atoms with Gasteiger partial charge in [0.05, 0.1) is 6.33 Å². The van der Waals surface area contributed by atoms with E-state index in [9.17, 15) is 4.79 Å². The number of anilines is 1. The van der Waals surface area contributed by atoms with E-state index >= 15 is 0 Å². The Hall–Kier alpha value is -2.22. The molecule has 2 aromatic heterocycles. The molecule has 3 rings (SSSR count). The summed E-state index contributed by atoms with van der Waals surface area (Å²) in [5, 5.41) is 3.88. The van der Waals surface area contributed by atoms with Gasteiger partial charge in [0.25, 0.3) is 5.56 Å². The van der Waals surface area contributed by atoms with Crippen molar-refractivity contribution in [3.63, 3.8) is 0 Å². The molecule has 1 saturated heterocycles. The third kappa shape index (κ3) is 3.58. The zero-order chi connectivity index (χ0) is 16.2. The fourth-order valence-corrected chi connectivity index (χ4v) is 2.84. The monoisotopic (exact) mass is 319 g/mol. The van der Waals surface area contributed by atoms with E-state index in [-0.39, 0.29) is 5.56 Å². The van der Waals surface area contributed by atoms with Crippen LogP contribution < -0.4 is 10.5 Å². The van der Waals surface area contributed by atoms with Gasteiger partial charge in [0.1, 0.15) is 6.61 Å². The molecule has 0 radical (unpaired) electrons. The topological polar surface area (TPSA) is 86.3 Å². The van der Waals surface area contributed by atoms with Crippen LogP contribution in [0, 0.1) is 12.8 Å². The molecule has 8 nitrogen and oxygen atoms in total. The first-order valence-electron chi connectivity index (χ1n) is 7.75. The molecule has 0 bridgehead atoms. The van der Waals surface area contributed by atoms with Gasteiger partial charge in [-0.05, 0) is 25.7 Å². The van der Waals surface area contributed by atoms with Gasteiger partial charge >= 0.3 is 6.01 Å². The van der Waals surface area contributed by atoms with E-state index in [0.29, 0.717) is 36.5 Å². The predicted molar refractivity (Wildman–Crippen MR) is 83.2 cm³/mol. The lowest BCUT2D eigenvalue weighted by atomic mass is 9.97. The maximum atomic E-state index is 12.1. The van der Waals surface area contributed by atoms with Gasteiger partial charge in [-0.15, -0.1) is 0 Å². The van der Waals surface area contributed by atoms with Crippen molar-refractivity contribution in [2.45, 2.75) is 32.9 Å². The number of aromatic nitrogens is 4. The summed E-state index contributed by atoms with van der Waals surface area (Å²) in [4.78, 5) is 22.6. The Morgan fingerprint density at radius 2 is 2.17 bits per heavy atom. The fourth-order valence-electron chi connectivity index (χ4n) is 2.84. The highest BCUT2D eigenvalue weighted by Gasteiger charge is 2.23. The Balaban J connectivity index is 1.57. The average molecular weight is 319 g/mol. The summed E-state index contributed by atoms with van der Waals surface area (Å²) in [7, 11) is 1.60. The Labute approximate surface area is 134 Å². The predicted octanol–water partition coefficient (Wildman–Crippen LogP) is 0.998. The van der Waals surface area contributed by atoms with Gasteiger partial charge in [-0.25, -0.2) is 4.98 Å². The van der Waals surface area contributed by atoms with E-state index in [1.165, 1.54) is 0 Å². The quantitative estimate of drug-likeness (QED) is 0.812. The third-order valence-corrected chi connectivity index (χ3v) is 4.14. The molecule has 0 spiro atoms. The lowest BCUT2D eigenvalue weighted by molar-refractivity contribution is 0.174. The van der Waals surface area contributed by atoms with E-state index in [4.69, 9.17) is 9.26 Å². The number of aryl methyl sites for hydroxylation is 1. The van der Waals surface area contributed by atoms with Crippen LogP contribution >= 0.6 is 0 Å². The third-order valence-electron chi connectivity index (χ3n) is 4.14. The van der Waals surface area contributed by atoms with E-state index in [0.717, 1.165) is 25.9 Å². The fraction of sp³-hybridized carbons (Fsp3) is 0.600. The summed E-state index contributed by atoms with van der Waals surface area (Å²) in [5.41, 5.74) is 0.727. The van der Waals surface area contributed by atoms with Crippen molar-refractivity contribution in [2.75, 3.05) is 25.1 Å². The number of hydrogen-bond acceptors (Lipinski definition) is 7. The number of nitrogens with zero attached hydrogens (tertiary/aromatic N) is 5. The molecule has 0 saturated carbocycles. The van der Waals surface area contributed by atoms with Gasteiger partial charge in [0.2, 0.25) is 0 Å². The number of methoxy groups -OCH3 is 1. The maximum Gasteiger partial charge on any atom is 0.324 e. The average Bonchev–Trinajstić information content (AvgIpc) is 3.02. The summed E-state index contributed by atoms with van der Waals surface area (Å²) < 4.78 is 12.0. The summed E-state index contributed by atoms with van der Waals surface area (Å²) in [5.74, 6) is 1.01. The van der Waals surface area contributed by atoms with Crippen molar-refractivity contribution in [1.82, 2.24) is 19.7 Å². The highest BCUT2D eigenvalue weighted by molar-refractivity contribution is 5.25. The molecule has 0 aromatic carbocycles. The molecule has 8 heteroatoms. The zero-order valence-electron chi connectivity index (χ0n) is 13.4. The lowest BCUT2D eigenvalue weighted by Crippen LogP contribution is -2.36. The molecule has 0 amide bonds. The van der Waals surface area contributed by atoms with Crippen molar-refractivity contribution in [3.05, 3.63) is 34.3 Å². The Morgan fingerprint density at radius 1 is 1.39 bits per heavy atom. The van der Waals surface area contributed by atoms with Crippen LogP contribution in [-0.2, 0) is 17.9 Å². The largest absolute Gasteiger partial charge is 0.377 e. The molecule has 124 valence electrons. The maximum absolute atomic E-state index is 12.1. The molecule has 0 N–H and O–H groups in total. The summed E-state index contributed by atoms with van der Waals surface area (Å²) in [6.45, 7) is 4.53. The summed E-state index contributed by atoms with van der Waals surface area (Å²) >= 11 is 0. The van der Waals surface area contributed by atoms with Crippen LogP contribution in [0.15, 0.2) is 21.8 Å². The van der Waals surface area contributed by atoms with Crippen LogP contribution in [0.3, 0.4) is 0 Å². The van der Waals surface area contributed by atoms with Crippen LogP contribution in [0.25, 0.3) is 0 Å². The van der Waals surface area contributed by atoms with Gasteiger partial charge in [0.15, 0.2) is 5.82 Å². The first-order valence-corrected chi connectivity index (χ1v) is 7.75. The molecule has 0 atom stereocenters. The SMILES string of the molecule is COCc1noc(N2CCC(Cn3cncc(C)c3=O)CC2)n1. The molecule has 2 aromatic rings. The molecule has 1 aliphatic rings. The Kier molecular flexibility index (Phi) is 4.71. The van der Waals surface area contributed by atoms with Crippen molar-refractivity contribution in [1.29, 1.82) is 0 Å². The molecule has 1 aliphatic heterocycles. The number of piperidine rings is 1. The van der Waals surface area contributed by atoms with Crippen LogP contribution in [0.1, 0.15) is 24.2 Å². The Bertz CT molecular complexity index is 703. The van der Waals surface area contributed by atoms with Gasteiger partial charge in [-0.3, -0.25) is 9.36 Å². The van der Waals surface area contributed by atoms with Crippen molar-refractivity contribution in [2.24, 2.45) is 5.92 Å². The number of hydrogen-bond donors (Lipinski definition) is 0. The van der Waals surface area contributed by atoms with Gasteiger partial charge in [-0.2, -0.15) is 4.98 Å². The normalized spacial score (nSPS) is 16.0. The van der Waals surface area contributed by atoms with Crippen molar-refractivity contribution in [3.8, 4) is 0 Å². The molecule has 0 aliphatic carbocycles. The smallest absolute Gasteiger partial charge is 0.324 e. The van der Waals surface area contributed by atoms with Gasteiger partial charge in [0, 0.05) is 38.5 Å². The minimum absolute atomic E-state index is 0.0449. The first kappa shape index (κ1) is 15.7. The van der Waals surface area contributed by atoms with Crippen LogP contribution in [-0.4, -0.2) is 39.9 Å². The van der Waals surface area contributed by atoms with Crippen molar-refractivity contribution < 1.29 is 9.26 Å². The van der Waals surface area contributed by atoms with Crippen LogP contribution in [0.2, 0.25) is 0 Å². The molecule has 1 fully saturated rings. The van der Waals surface area contributed by atoms with Crippen LogP contribution in [0.4, 0.5) is 6.01 Å². The summed E-state index contributed by atoms with van der Waals surface area (Å²) in [6, 6.07) is 0.546. The second-order valence-electron chi connectivity index (χ2n) is 5.89. The van der Waals surface area contributed by atoms with Crippen LogP contribution in [0.5, 0.6) is 0 Å². The van der Waals surface area contributed by atoms with E-state index in [2.05, 4.69) is 20.0 Å². The minimum atomic E-state index is 0.0449. The second-order valence-corrected chi connectivity index (χ2v) is 5.89. The molecule has 0 unspecified atom stereocenters. The van der Waals surface area contributed by atoms with E-state index in [1.807, 2.05) is 0 Å². The molecule has 23 heavy (non-hydrogen) atoms. The first-order chi connectivity index (χ1) is 11.2. The van der Waals surface area contributed by atoms with Crippen molar-refractivity contribution >= 4 is 6.01 Å². The molecule has 3 heterocycles. The van der Waals surface area contributed by atoms with Gasteiger partial charge in [-0.1, -0.05) is 5.16 Å². The highest BCUT2D eigenvalue weighted by Crippen LogP contribution is 2.22. The van der Waals surface area contributed by atoms with E-state index < -0.39 is 0 Å². The van der Waals surface area contributed by atoms with Gasteiger partial charge < -0.3 is 14.2 Å². The summed E-state index contributed by atoms with van der Waals surface area (Å²) in [6.07, 6.45) is 5.18. The molecular formula is C15H21N5O3. The molecular weight excluding hydrogens is 298 g/mol. The number of ether oxygens (including phenoxy) is 1. The van der Waals surface area contributed by atoms with E-state index in [1.54, 1.807) is 31.1 Å².